The number of nitrogens with zero attached hydrogens (tertiary/aromatic N) is 1. The number of nitrogens with one attached hydrogen (secondary N) is 1. The Morgan fingerprint density at radius 2 is 1.70 bits per heavy atom. The fourth-order valence-electron chi connectivity index (χ4n) is 2.99. The van der Waals surface area contributed by atoms with Crippen LogP contribution in [0.2, 0.25) is 0 Å². The smallest absolute Gasteiger partial charge is 0.252 e. The number of amides is 1. The normalized spacial score (nSPS) is 16.2. The van der Waals surface area contributed by atoms with Crippen LogP contribution in [0.25, 0.3) is 0 Å². The number of benzene rings is 2. The quantitative estimate of drug-likeness (QED) is 0.883. The predicted molar refractivity (Wildman–Crippen MR) is 96.3 cm³/mol. The van der Waals surface area contributed by atoms with Gasteiger partial charge in [-0.2, -0.15) is 0 Å². The fourth-order valence-corrected chi connectivity index (χ4v) is 3.45. The van der Waals surface area contributed by atoms with Gasteiger partial charge in [-0.25, -0.2) is 0 Å². The molecule has 3 rings (SSSR count). The van der Waals surface area contributed by atoms with Crippen molar-refractivity contribution in [2.75, 3.05) is 13.1 Å². The third-order valence-electron chi connectivity index (χ3n) is 4.29. The molecule has 1 heterocycles. The van der Waals surface area contributed by atoms with Crippen molar-refractivity contribution in [1.82, 2.24) is 10.2 Å². The molecule has 0 radical (unpaired) electrons. The monoisotopic (exact) mass is 372 g/mol. The number of carbonyl (C=O) groups excluding carboxylic acids is 1. The van der Waals surface area contributed by atoms with Crippen LogP contribution in [0.5, 0.6) is 0 Å². The van der Waals surface area contributed by atoms with Gasteiger partial charge in [0, 0.05) is 30.1 Å². The summed E-state index contributed by atoms with van der Waals surface area (Å²) in [5.74, 6) is 0.0129. The van der Waals surface area contributed by atoms with E-state index in [-0.39, 0.29) is 11.9 Å². The molecule has 0 atom stereocenters. The van der Waals surface area contributed by atoms with Crippen molar-refractivity contribution in [2.45, 2.75) is 25.4 Å². The highest BCUT2D eigenvalue weighted by molar-refractivity contribution is 9.10. The second-order valence-electron chi connectivity index (χ2n) is 5.99. The molecule has 0 spiro atoms. The SMILES string of the molecule is O=C(NC1CCN(Cc2ccccc2)CC1)c1ccccc1Br. The van der Waals surface area contributed by atoms with Crippen LogP contribution in [0.15, 0.2) is 59.1 Å². The van der Waals surface area contributed by atoms with Crippen molar-refractivity contribution >= 4 is 21.8 Å². The lowest BCUT2D eigenvalue weighted by molar-refractivity contribution is 0.0908. The van der Waals surface area contributed by atoms with Crippen molar-refractivity contribution < 1.29 is 4.79 Å². The summed E-state index contributed by atoms with van der Waals surface area (Å²) in [6.07, 6.45) is 2.01. The molecule has 1 aliphatic heterocycles. The van der Waals surface area contributed by atoms with E-state index in [9.17, 15) is 4.79 Å². The van der Waals surface area contributed by atoms with Gasteiger partial charge >= 0.3 is 0 Å². The van der Waals surface area contributed by atoms with E-state index >= 15 is 0 Å². The molecule has 2 aromatic rings. The predicted octanol–water partition coefficient (Wildman–Crippen LogP) is 3.84. The third-order valence-corrected chi connectivity index (χ3v) is 4.98. The minimum absolute atomic E-state index is 0.0129. The second kappa shape index (κ2) is 7.75. The average molecular weight is 373 g/mol. The molecule has 0 aromatic heterocycles. The number of rotatable bonds is 4. The molecule has 3 nitrogen and oxygen atoms in total. The Labute approximate surface area is 145 Å². The zero-order valence-corrected chi connectivity index (χ0v) is 14.6. The topological polar surface area (TPSA) is 32.3 Å². The highest BCUT2D eigenvalue weighted by atomic mass is 79.9. The Balaban J connectivity index is 1.49. The van der Waals surface area contributed by atoms with E-state index < -0.39 is 0 Å². The Kier molecular flexibility index (Phi) is 5.47. The van der Waals surface area contributed by atoms with E-state index in [2.05, 4.69) is 50.4 Å². The van der Waals surface area contributed by atoms with E-state index in [4.69, 9.17) is 0 Å². The summed E-state index contributed by atoms with van der Waals surface area (Å²) in [6.45, 7) is 3.04. The first-order valence-electron chi connectivity index (χ1n) is 8.04. The minimum Gasteiger partial charge on any atom is -0.349 e. The summed E-state index contributed by atoms with van der Waals surface area (Å²) in [4.78, 5) is 14.8. The van der Waals surface area contributed by atoms with Crippen LogP contribution in [0.3, 0.4) is 0 Å². The number of piperidine rings is 1. The standard InChI is InChI=1S/C19H21BrN2O/c20-18-9-5-4-8-17(18)19(23)21-16-10-12-22(13-11-16)14-15-6-2-1-3-7-15/h1-9,16H,10-14H2,(H,21,23). The molecule has 0 saturated carbocycles. The largest absolute Gasteiger partial charge is 0.349 e. The average Bonchev–Trinajstić information content (AvgIpc) is 2.58. The van der Waals surface area contributed by atoms with E-state index in [1.54, 1.807) is 0 Å². The third kappa shape index (κ3) is 4.43. The van der Waals surface area contributed by atoms with Crippen LogP contribution in [0.1, 0.15) is 28.8 Å². The maximum atomic E-state index is 12.4. The lowest BCUT2D eigenvalue weighted by atomic mass is 10.0. The first kappa shape index (κ1) is 16.2. The van der Waals surface area contributed by atoms with Gasteiger partial charge in [0.25, 0.3) is 5.91 Å². The number of halogens is 1. The molecule has 120 valence electrons. The zero-order chi connectivity index (χ0) is 16.1. The van der Waals surface area contributed by atoms with Crippen LogP contribution >= 0.6 is 15.9 Å². The molecule has 2 aromatic carbocycles. The Hall–Kier alpha value is -1.65. The van der Waals surface area contributed by atoms with E-state index in [0.29, 0.717) is 5.56 Å². The van der Waals surface area contributed by atoms with Gasteiger partial charge in [-0.3, -0.25) is 9.69 Å². The van der Waals surface area contributed by atoms with Gasteiger partial charge in [-0.1, -0.05) is 42.5 Å². The highest BCUT2D eigenvalue weighted by Gasteiger charge is 2.21. The molecular weight excluding hydrogens is 352 g/mol. The van der Waals surface area contributed by atoms with Gasteiger partial charge in [0.2, 0.25) is 0 Å². The zero-order valence-electron chi connectivity index (χ0n) is 13.0. The lowest BCUT2D eigenvalue weighted by Crippen LogP contribution is -2.44. The summed E-state index contributed by atoms with van der Waals surface area (Å²) in [7, 11) is 0. The van der Waals surface area contributed by atoms with Crippen LogP contribution < -0.4 is 5.32 Å². The van der Waals surface area contributed by atoms with Gasteiger partial charge < -0.3 is 5.32 Å². The molecule has 1 fully saturated rings. The lowest BCUT2D eigenvalue weighted by Gasteiger charge is -2.32. The number of likely N-dealkylation sites (tertiary alicyclic amines) is 1. The molecule has 4 heteroatoms. The number of carbonyl (C=O) groups is 1. The molecular formula is C19H21BrN2O. The Bertz CT molecular complexity index is 651. The van der Waals surface area contributed by atoms with Gasteiger partial charge in [0.05, 0.1) is 5.56 Å². The first-order chi connectivity index (χ1) is 11.2. The molecule has 0 unspecified atom stereocenters. The number of hydrogen-bond donors (Lipinski definition) is 1. The summed E-state index contributed by atoms with van der Waals surface area (Å²) in [6, 6.07) is 18.4. The molecule has 1 N–H and O–H groups in total. The molecule has 0 aliphatic carbocycles. The summed E-state index contributed by atoms with van der Waals surface area (Å²) >= 11 is 3.44. The molecule has 1 aliphatic rings. The van der Waals surface area contributed by atoms with E-state index in [1.165, 1.54) is 5.56 Å². The molecule has 1 saturated heterocycles. The molecule has 1 amide bonds. The molecule has 0 bridgehead atoms. The fraction of sp³-hybridized carbons (Fsp3) is 0.316. The maximum Gasteiger partial charge on any atom is 0.252 e. The van der Waals surface area contributed by atoms with Gasteiger partial charge in [0.1, 0.15) is 0 Å². The van der Waals surface area contributed by atoms with Crippen LogP contribution in [0.4, 0.5) is 0 Å². The maximum absolute atomic E-state index is 12.4. The summed E-state index contributed by atoms with van der Waals surface area (Å²) in [5, 5.41) is 3.16. The van der Waals surface area contributed by atoms with Crippen LogP contribution in [0, 0.1) is 0 Å². The van der Waals surface area contributed by atoms with Crippen molar-refractivity contribution in [3.63, 3.8) is 0 Å². The van der Waals surface area contributed by atoms with Gasteiger partial charge in [0.15, 0.2) is 0 Å². The summed E-state index contributed by atoms with van der Waals surface area (Å²) < 4.78 is 0.846. The molecule has 23 heavy (non-hydrogen) atoms. The minimum atomic E-state index is 0.0129. The van der Waals surface area contributed by atoms with Gasteiger partial charge in [-0.05, 0) is 46.5 Å². The number of hydrogen-bond acceptors (Lipinski definition) is 2. The van der Waals surface area contributed by atoms with Crippen molar-refractivity contribution in [3.8, 4) is 0 Å². The van der Waals surface area contributed by atoms with Crippen molar-refractivity contribution in [3.05, 3.63) is 70.2 Å². The highest BCUT2D eigenvalue weighted by Crippen LogP contribution is 2.18. The first-order valence-corrected chi connectivity index (χ1v) is 8.83. The van der Waals surface area contributed by atoms with Crippen molar-refractivity contribution in [1.29, 1.82) is 0 Å². The Morgan fingerprint density at radius 1 is 1.04 bits per heavy atom. The summed E-state index contributed by atoms with van der Waals surface area (Å²) in [5.41, 5.74) is 2.06. The van der Waals surface area contributed by atoms with E-state index in [1.807, 2.05) is 30.3 Å². The van der Waals surface area contributed by atoms with Gasteiger partial charge in [-0.15, -0.1) is 0 Å². The Morgan fingerprint density at radius 3 is 2.39 bits per heavy atom. The van der Waals surface area contributed by atoms with Crippen molar-refractivity contribution in [2.24, 2.45) is 0 Å². The van der Waals surface area contributed by atoms with Crippen LogP contribution in [-0.4, -0.2) is 29.9 Å². The second-order valence-corrected chi connectivity index (χ2v) is 6.84. The van der Waals surface area contributed by atoms with E-state index in [0.717, 1.165) is 36.9 Å². The van der Waals surface area contributed by atoms with Crippen LogP contribution in [-0.2, 0) is 6.54 Å².